The predicted molar refractivity (Wildman–Crippen MR) is 83.0 cm³/mol. The van der Waals surface area contributed by atoms with Crippen LogP contribution in [0.2, 0.25) is 20.1 Å². The maximum atomic E-state index is 12.1. The minimum Gasteiger partial charge on any atom is -0.465 e. The van der Waals surface area contributed by atoms with Crippen molar-refractivity contribution in [3.8, 4) is 0 Å². The quantitative estimate of drug-likeness (QED) is 0.314. The molecular weight excluding hydrogens is 362 g/mol. The van der Waals surface area contributed by atoms with E-state index in [1.54, 1.807) is 0 Å². The number of benzene rings is 1. The second-order valence-corrected chi connectivity index (χ2v) is 5.50. The molecule has 0 bridgehead atoms. The van der Waals surface area contributed by atoms with Crippen molar-refractivity contribution in [1.29, 1.82) is 0 Å². The van der Waals surface area contributed by atoms with Crippen LogP contribution in [0.5, 0.6) is 0 Å². The Morgan fingerprint density at radius 3 is 1.81 bits per heavy atom. The number of carbonyl (C=O) groups excluding carboxylic acids is 2. The van der Waals surface area contributed by atoms with Crippen molar-refractivity contribution in [2.75, 3.05) is 13.7 Å². The molecule has 0 amide bonds. The first kappa shape index (κ1) is 18.4. The normalized spacial score (nSPS) is 10.4. The number of halogens is 4. The van der Waals surface area contributed by atoms with E-state index >= 15 is 0 Å². The van der Waals surface area contributed by atoms with E-state index in [1.807, 2.05) is 6.92 Å². The molecule has 0 spiro atoms. The van der Waals surface area contributed by atoms with Gasteiger partial charge in [0.2, 0.25) is 0 Å². The molecule has 1 rings (SSSR count). The summed E-state index contributed by atoms with van der Waals surface area (Å²) in [7, 11) is 1.14. The van der Waals surface area contributed by atoms with Crippen molar-refractivity contribution in [1.82, 2.24) is 0 Å². The zero-order valence-corrected chi connectivity index (χ0v) is 14.3. The first-order chi connectivity index (χ1) is 9.86. The van der Waals surface area contributed by atoms with Crippen LogP contribution in [0.25, 0.3) is 0 Å². The van der Waals surface area contributed by atoms with Crippen molar-refractivity contribution in [2.24, 2.45) is 0 Å². The maximum Gasteiger partial charge on any atom is 0.340 e. The summed E-state index contributed by atoms with van der Waals surface area (Å²) >= 11 is 23.8. The monoisotopic (exact) mass is 372 g/mol. The Hall–Kier alpha value is -0.680. The third-order valence-electron chi connectivity index (χ3n) is 2.59. The van der Waals surface area contributed by atoms with Crippen LogP contribution in [-0.2, 0) is 9.47 Å². The minimum absolute atomic E-state index is 0.126. The highest BCUT2D eigenvalue weighted by Crippen LogP contribution is 2.42. The van der Waals surface area contributed by atoms with Gasteiger partial charge in [0.1, 0.15) is 0 Å². The van der Waals surface area contributed by atoms with E-state index in [-0.39, 0.29) is 37.8 Å². The van der Waals surface area contributed by atoms with E-state index in [0.717, 1.165) is 13.5 Å². The lowest BCUT2D eigenvalue weighted by molar-refractivity contribution is 0.0482. The molecule has 0 N–H and O–H groups in total. The van der Waals surface area contributed by atoms with Crippen molar-refractivity contribution >= 4 is 58.3 Å². The molecule has 1 aromatic rings. The summed E-state index contributed by atoms with van der Waals surface area (Å²) in [4.78, 5) is 24.0. The summed E-state index contributed by atoms with van der Waals surface area (Å²) in [5.74, 6) is -1.67. The number of hydrogen-bond acceptors (Lipinski definition) is 4. The summed E-state index contributed by atoms with van der Waals surface area (Å²) in [6, 6.07) is 0. The highest BCUT2D eigenvalue weighted by Gasteiger charge is 2.30. The molecule has 21 heavy (non-hydrogen) atoms. The highest BCUT2D eigenvalue weighted by molar-refractivity contribution is 6.54. The van der Waals surface area contributed by atoms with Gasteiger partial charge in [0.05, 0.1) is 44.9 Å². The average Bonchev–Trinajstić information content (AvgIpc) is 2.47. The van der Waals surface area contributed by atoms with Gasteiger partial charge in [-0.05, 0) is 6.42 Å². The Balaban J connectivity index is 3.40. The lowest BCUT2D eigenvalue weighted by atomic mass is 10.1. The number of hydrogen-bond donors (Lipinski definition) is 0. The van der Waals surface area contributed by atoms with Crippen LogP contribution in [0.4, 0.5) is 0 Å². The standard InChI is InChI=1S/C13H12Cl4O4/c1-3-4-5-21-13(19)7-6(12(18)20-2)8(14)10(16)11(17)9(7)15/h3-5H2,1-2H3. The van der Waals surface area contributed by atoms with Crippen LogP contribution in [0.3, 0.4) is 0 Å². The number of unbranched alkanes of at least 4 members (excludes halogenated alkanes) is 1. The van der Waals surface area contributed by atoms with Crippen molar-refractivity contribution < 1.29 is 19.1 Å². The topological polar surface area (TPSA) is 52.6 Å². The fraction of sp³-hybridized carbons (Fsp3) is 0.385. The van der Waals surface area contributed by atoms with Crippen LogP contribution in [-0.4, -0.2) is 25.7 Å². The third kappa shape index (κ3) is 3.95. The maximum absolute atomic E-state index is 12.1. The third-order valence-corrected chi connectivity index (χ3v) is 4.39. The number of carbonyl (C=O) groups is 2. The first-order valence-electron chi connectivity index (χ1n) is 5.98. The molecule has 4 nitrogen and oxygen atoms in total. The van der Waals surface area contributed by atoms with Gasteiger partial charge in [0.15, 0.2) is 0 Å². The summed E-state index contributed by atoms with van der Waals surface area (Å²) in [6.45, 7) is 2.13. The summed E-state index contributed by atoms with van der Waals surface area (Å²) in [6.07, 6.45) is 1.51. The number of esters is 2. The Bertz CT molecular complexity index is 572. The van der Waals surface area contributed by atoms with E-state index in [1.165, 1.54) is 0 Å². The SMILES string of the molecule is CCCCOC(=O)c1c(Cl)c(Cl)c(Cl)c(Cl)c1C(=O)OC. The van der Waals surface area contributed by atoms with Crippen molar-refractivity contribution in [3.63, 3.8) is 0 Å². The fourth-order valence-corrected chi connectivity index (χ4v) is 2.51. The Morgan fingerprint density at radius 2 is 1.38 bits per heavy atom. The molecule has 0 saturated heterocycles. The van der Waals surface area contributed by atoms with E-state index in [2.05, 4.69) is 4.74 Å². The molecule has 0 aliphatic heterocycles. The Morgan fingerprint density at radius 1 is 0.905 bits per heavy atom. The van der Waals surface area contributed by atoms with Crippen LogP contribution >= 0.6 is 46.4 Å². The molecule has 8 heteroatoms. The molecule has 0 unspecified atom stereocenters. The molecule has 0 atom stereocenters. The van der Waals surface area contributed by atoms with Crippen LogP contribution in [0.1, 0.15) is 40.5 Å². The zero-order chi connectivity index (χ0) is 16.2. The van der Waals surface area contributed by atoms with E-state index < -0.39 is 11.9 Å². The molecule has 0 fully saturated rings. The van der Waals surface area contributed by atoms with Gasteiger partial charge in [-0.15, -0.1) is 0 Å². The number of methoxy groups -OCH3 is 1. The lowest BCUT2D eigenvalue weighted by Gasteiger charge is -2.14. The molecule has 1 aromatic carbocycles. The van der Waals surface area contributed by atoms with Gasteiger partial charge in [-0.2, -0.15) is 0 Å². The van der Waals surface area contributed by atoms with Crippen molar-refractivity contribution in [3.05, 3.63) is 31.2 Å². The second-order valence-electron chi connectivity index (χ2n) is 3.99. The van der Waals surface area contributed by atoms with Gasteiger partial charge in [0.25, 0.3) is 0 Å². The van der Waals surface area contributed by atoms with E-state index in [9.17, 15) is 9.59 Å². The molecule has 0 aliphatic rings. The molecule has 0 radical (unpaired) electrons. The lowest BCUT2D eigenvalue weighted by Crippen LogP contribution is -2.15. The number of rotatable bonds is 5. The molecular formula is C13H12Cl4O4. The van der Waals surface area contributed by atoms with Gasteiger partial charge in [-0.25, -0.2) is 9.59 Å². The zero-order valence-electron chi connectivity index (χ0n) is 11.3. The van der Waals surface area contributed by atoms with Crippen LogP contribution in [0.15, 0.2) is 0 Å². The fourth-order valence-electron chi connectivity index (χ4n) is 1.50. The van der Waals surface area contributed by atoms with Gasteiger partial charge in [-0.1, -0.05) is 59.7 Å². The van der Waals surface area contributed by atoms with Gasteiger partial charge in [-0.3, -0.25) is 0 Å². The van der Waals surface area contributed by atoms with E-state index in [4.69, 9.17) is 51.1 Å². The van der Waals surface area contributed by atoms with Crippen LogP contribution in [0, 0.1) is 0 Å². The second kappa shape index (κ2) is 8.08. The summed E-state index contributed by atoms with van der Waals surface area (Å²) in [5.41, 5.74) is -0.515. The predicted octanol–water partition coefficient (Wildman–Crippen LogP) is 5.04. The van der Waals surface area contributed by atoms with Gasteiger partial charge >= 0.3 is 11.9 Å². The molecule has 116 valence electrons. The minimum atomic E-state index is -0.858. The molecule has 0 aliphatic carbocycles. The Kier molecular flexibility index (Phi) is 7.07. The number of ether oxygens (including phenoxy) is 2. The molecule has 0 aromatic heterocycles. The van der Waals surface area contributed by atoms with E-state index in [0.29, 0.717) is 6.42 Å². The molecule has 0 saturated carbocycles. The molecule has 0 heterocycles. The largest absolute Gasteiger partial charge is 0.465 e. The first-order valence-corrected chi connectivity index (χ1v) is 7.49. The summed E-state index contributed by atoms with van der Waals surface area (Å²) in [5, 5.41) is -0.666. The Labute approximate surface area is 142 Å². The average molecular weight is 374 g/mol. The highest BCUT2D eigenvalue weighted by atomic mass is 35.5. The van der Waals surface area contributed by atoms with Gasteiger partial charge < -0.3 is 9.47 Å². The van der Waals surface area contributed by atoms with Crippen LogP contribution < -0.4 is 0 Å². The summed E-state index contributed by atoms with van der Waals surface area (Å²) < 4.78 is 9.63. The van der Waals surface area contributed by atoms with Gasteiger partial charge in [0, 0.05) is 0 Å². The van der Waals surface area contributed by atoms with Crippen molar-refractivity contribution in [2.45, 2.75) is 19.8 Å². The smallest absolute Gasteiger partial charge is 0.340 e.